The molecule has 0 fully saturated rings. The molecule has 6 heteroatoms. The molecule has 0 atom stereocenters. The van der Waals surface area contributed by atoms with E-state index in [0.29, 0.717) is 36.3 Å². The molecule has 2 heterocycles. The average Bonchev–Trinajstić information content (AvgIpc) is 2.71. The molecule has 2 aromatic heterocycles. The third kappa shape index (κ3) is 4.39. The summed E-state index contributed by atoms with van der Waals surface area (Å²) in [6.45, 7) is 2.47. The van der Waals surface area contributed by atoms with Crippen LogP contribution < -0.4 is 10.4 Å². The van der Waals surface area contributed by atoms with Gasteiger partial charge in [0, 0.05) is 55.3 Å². The van der Waals surface area contributed by atoms with Crippen molar-refractivity contribution in [3.63, 3.8) is 0 Å². The maximum atomic E-state index is 12.5. The van der Waals surface area contributed by atoms with Gasteiger partial charge < -0.3 is 14.1 Å². The molecule has 0 unspecified atom stereocenters. The number of aromatic nitrogens is 1. The molecule has 0 radical (unpaired) electrons. The molecule has 0 saturated heterocycles. The highest BCUT2D eigenvalue weighted by atomic mass is 16.5. The summed E-state index contributed by atoms with van der Waals surface area (Å²) in [7, 11) is 3.34. The van der Waals surface area contributed by atoms with E-state index in [1.54, 1.807) is 31.3 Å². The Bertz CT molecular complexity index is 1030. The lowest BCUT2D eigenvalue weighted by atomic mass is 10.0. The van der Waals surface area contributed by atoms with Gasteiger partial charge in [-0.2, -0.15) is 0 Å². The molecule has 0 bridgehead atoms. The SMILES string of the molecule is COc1ccc2c(C)c(CCC(=O)N(C)CCc3ccccn3)c(=O)oc2c1. The van der Waals surface area contributed by atoms with Crippen molar-refractivity contribution >= 4 is 16.9 Å². The van der Waals surface area contributed by atoms with Gasteiger partial charge in [-0.05, 0) is 43.2 Å². The molecule has 0 saturated carbocycles. The standard InChI is InChI=1S/C22H24N2O4/c1-15-18-8-7-17(27-3)14-20(18)28-22(26)19(15)9-10-21(25)24(2)13-11-16-6-4-5-12-23-16/h4-8,12,14H,9-11,13H2,1-3H3. The van der Waals surface area contributed by atoms with E-state index in [9.17, 15) is 9.59 Å². The zero-order valence-corrected chi connectivity index (χ0v) is 16.4. The summed E-state index contributed by atoms with van der Waals surface area (Å²) in [6, 6.07) is 11.1. The number of aryl methyl sites for hydroxylation is 1. The Morgan fingerprint density at radius 1 is 1.21 bits per heavy atom. The van der Waals surface area contributed by atoms with Gasteiger partial charge in [-0.1, -0.05) is 6.07 Å². The predicted octanol–water partition coefficient (Wildman–Crippen LogP) is 3.14. The summed E-state index contributed by atoms with van der Waals surface area (Å²) in [4.78, 5) is 30.8. The van der Waals surface area contributed by atoms with Gasteiger partial charge in [0.1, 0.15) is 11.3 Å². The Morgan fingerprint density at radius 2 is 2.04 bits per heavy atom. The Morgan fingerprint density at radius 3 is 2.75 bits per heavy atom. The van der Waals surface area contributed by atoms with E-state index in [0.717, 1.165) is 16.6 Å². The van der Waals surface area contributed by atoms with Crippen LogP contribution in [0, 0.1) is 6.92 Å². The molecule has 146 valence electrons. The maximum Gasteiger partial charge on any atom is 0.339 e. The fourth-order valence-corrected chi connectivity index (χ4v) is 3.17. The second-order valence-corrected chi connectivity index (χ2v) is 6.74. The number of hydrogen-bond donors (Lipinski definition) is 0. The molecule has 0 spiro atoms. The number of carbonyl (C=O) groups is 1. The normalized spacial score (nSPS) is 10.8. The lowest BCUT2D eigenvalue weighted by Crippen LogP contribution is -2.29. The first kappa shape index (κ1) is 19.6. The van der Waals surface area contributed by atoms with Gasteiger partial charge in [0.15, 0.2) is 0 Å². The van der Waals surface area contributed by atoms with Gasteiger partial charge in [0.25, 0.3) is 0 Å². The molecule has 1 amide bonds. The van der Waals surface area contributed by atoms with Gasteiger partial charge >= 0.3 is 5.63 Å². The molecule has 0 aliphatic heterocycles. The van der Waals surface area contributed by atoms with Crippen molar-refractivity contribution in [3.05, 3.63) is 69.8 Å². The van der Waals surface area contributed by atoms with Crippen molar-refractivity contribution in [2.24, 2.45) is 0 Å². The van der Waals surface area contributed by atoms with Crippen molar-refractivity contribution in [1.29, 1.82) is 0 Å². The summed E-state index contributed by atoms with van der Waals surface area (Å²) in [5.74, 6) is 0.622. The van der Waals surface area contributed by atoms with Crippen LogP contribution in [0.2, 0.25) is 0 Å². The van der Waals surface area contributed by atoms with Gasteiger partial charge in [-0.15, -0.1) is 0 Å². The van der Waals surface area contributed by atoms with Crippen LogP contribution in [-0.4, -0.2) is 36.5 Å². The van der Waals surface area contributed by atoms with E-state index in [-0.39, 0.29) is 12.3 Å². The van der Waals surface area contributed by atoms with Crippen molar-refractivity contribution in [2.75, 3.05) is 20.7 Å². The van der Waals surface area contributed by atoms with Gasteiger partial charge in [0.2, 0.25) is 5.91 Å². The topological polar surface area (TPSA) is 72.6 Å². The highest BCUT2D eigenvalue weighted by molar-refractivity contribution is 5.82. The molecule has 6 nitrogen and oxygen atoms in total. The summed E-state index contributed by atoms with van der Waals surface area (Å²) in [5, 5.41) is 0.853. The smallest absolute Gasteiger partial charge is 0.339 e. The van der Waals surface area contributed by atoms with E-state index in [2.05, 4.69) is 4.98 Å². The number of benzene rings is 1. The number of fused-ring (bicyclic) bond motifs is 1. The molecule has 28 heavy (non-hydrogen) atoms. The summed E-state index contributed by atoms with van der Waals surface area (Å²) < 4.78 is 10.6. The zero-order valence-electron chi connectivity index (χ0n) is 16.4. The van der Waals surface area contributed by atoms with E-state index in [1.165, 1.54) is 0 Å². The minimum atomic E-state index is -0.401. The Hall–Kier alpha value is -3.15. The largest absolute Gasteiger partial charge is 0.497 e. The first-order valence-electron chi connectivity index (χ1n) is 9.24. The summed E-state index contributed by atoms with van der Waals surface area (Å²) in [5.41, 5.74) is 2.43. The van der Waals surface area contributed by atoms with Crippen LogP contribution in [0.15, 0.2) is 51.8 Å². The van der Waals surface area contributed by atoms with Crippen LogP contribution in [-0.2, 0) is 17.6 Å². The average molecular weight is 380 g/mol. The first-order valence-corrected chi connectivity index (χ1v) is 9.24. The second kappa shape index (κ2) is 8.69. The predicted molar refractivity (Wildman–Crippen MR) is 108 cm³/mol. The number of hydrogen-bond acceptors (Lipinski definition) is 5. The molecule has 3 rings (SSSR count). The monoisotopic (exact) mass is 380 g/mol. The number of pyridine rings is 1. The van der Waals surface area contributed by atoms with Crippen LogP contribution in [0.1, 0.15) is 23.2 Å². The lowest BCUT2D eigenvalue weighted by Gasteiger charge is -2.17. The minimum Gasteiger partial charge on any atom is -0.497 e. The van der Waals surface area contributed by atoms with Crippen molar-refractivity contribution in [3.8, 4) is 5.75 Å². The molecular weight excluding hydrogens is 356 g/mol. The lowest BCUT2D eigenvalue weighted by molar-refractivity contribution is -0.129. The van der Waals surface area contributed by atoms with Crippen LogP contribution in [0.25, 0.3) is 11.0 Å². The molecule has 0 N–H and O–H groups in total. The van der Waals surface area contributed by atoms with Crippen LogP contribution in [0.3, 0.4) is 0 Å². The molecule has 3 aromatic rings. The number of methoxy groups -OCH3 is 1. The fraction of sp³-hybridized carbons (Fsp3) is 0.318. The summed E-state index contributed by atoms with van der Waals surface area (Å²) >= 11 is 0. The molecule has 1 aromatic carbocycles. The highest BCUT2D eigenvalue weighted by Gasteiger charge is 2.15. The molecule has 0 aliphatic carbocycles. The minimum absolute atomic E-state index is 0.00967. The number of ether oxygens (including phenoxy) is 1. The van der Waals surface area contributed by atoms with Gasteiger partial charge in [-0.25, -0.2) is 4.79 Å². The number of amides is 1. The van der Waals surface area contributed by atoms with Crippen LogP contribution in [0.4, 0.5) is 0 Å². The zero-order chi connectivity index (χ0) is 20.1. The van der Waals surface area contributed by atoms with Gasteiger partial charge in [0.05, 0.1) is 7.11 Å². The highest BCUT2D eigenvalue weighted by Crippen LogP contribution is 2.24. The number of nitrogens with zero attached hydrogens (tertiary/aromatic N) is 2. The Balaban J connectivity index is 1.67. The number of carbonyl (C=O) groups excluding carboxylic acids is 1. The van der Waals surface area contributed by atoms with Crippen LogP contribution >= 0.6 is 0 Å². The molecular formula is C22H24N2O4. The third-order valence-corrected chi connectivity index (χ3v) is 4.94. The first-order chi connectivity index (χ1) is 13.5. The van der Waals surface area contributed by atoms with Crippen molar-refractivity contribution in [1.82, 2.24) is 9.88 Å². The summed E-state index contributed by atoms with van der Waals surface area (Å²) in [6.07, 6.45) is 3.05. The maximum absolute atomic E-state index is 12.5. The second-order valence-electron chi connectivity index (χ2n) is 6.74. The third-order valence-electron chi connectivity index (χ3n) is 4.94. The Kier molecular flexibility index (Phi) is 6.09. The van der Waals surface area contributed by atoms with Crippen LogP contribution in [0.5, 0.6) is 5.75 Å². The number of rotatable bonds is 7. The van der Waals surface area contributed by atoms with E-state index in [4.69, 9.17) is 9.15 Å². The van der Waals surface area contributed by atoms with E-state index in [1.807, 2.05) is 37.3 Å². The van der Waals surface area contributed by atoms with E-state index < -0.39 is 5.63 Å². The van der Waals surface area contributed by atoms with E-state index >= 15 is 0 Å². The quantitative estimate of drug-likeness (QED) is 0.589. The van der Waals surface area contributed by atoms with Gasteiger partial charge in [-0.3, -0.25) is 9.78 Å². The van der Waals surface area contributed by atoms with Crippen molar-refractivity contribution < 1.29 is 13.9 Å². The van der Waals surface area contributed by atoms with Crippen molar-refractivity contribution in [2.45, 2.75) is 26.2 Å². The fourth-order valence-electron chi connectivity index (χ4n) is 3.17. The Labute approximate surface area is 163 Å². The number of likely N-dealkylation sites (N-methyl/N-ethyl adjacent to an activating group) is 1. The molecule has 0 aliphatic rings.